The van der Waals surface area contributed by atoms with Crippen molar-refractivity contribution in [3.8, 4) is 0 Å². The van der Waals surface area contributed by atoms with Gasteiger partial charge in [0.25, 0.3) is 0 Å². The summed E-state index contributed by atoms with van der Waals surface area (Å²) in [6.45, 7) is 3.43. The zero-order chi connectivity index (χ0) is 16.1. The fourth-order valence-electron chi connectivity index (χ4n) is 3.54. The van der Waals surface area contributed by atoms with Gasteiger partial charge in [-0.15, -0.1) is 5.10 Å². The first-order valence-corrected chi connectivity index (χ1v) is 8.72. The summed E-state index contributed by atoms with van der Waals surface area (Å²) in [6.07, 6.45) is 11.5. The zero-order valence-electron chi connectivity index (χ0n) is 13.9. The molecule has 1 fully saturated rings. The summed E-state index contributed by atoms with van der Waals surface area (Å²) >= 11 is 0. The van der Waals surface area contributed by atoms with Crippen LogP contribution in [0.4, 0.5) is 0 Å². The summed E-state index contributed by atoms with van der Waals surface area (Å²) in [4.78, 5) is 14.4. The van der Waals surface area contributed by atoms with E-state index in [9.17, 15) is 4.79 Å². The first kappa shape index (κ1) is 16.2. The predicted molar refractivity (Wildman–Crippen MR) is 88.6 cm³/mol. The van der Waals surface area contributed by atoms with Crippen molar-refractivity contribution in [3.05, 3.63) is 24.0 Å². The van der Waals surface area contributed by atoms with Crippen molar-refractivity contribution in [1.29, 1.82) is 0 Å². The Morgan fingerprint density at radius 1 is 1.35 bits per heavy atom. The maximum atomic E-state index is 12.4. The number of piperidine rings is 1. The van der Waals surface area contributed by atoms with E-state index in [1.54, 1.807) is 0 Å². The largest absolute Gasteiger partial charge is 0.343 e. The number of nitrogens with zero attached hydrogens (tertiary/aromatic N) is 4. The summed E-state index contributed by atoms with van der Waals surface area (Å²) in [7, 11) is 1.91. The van der Waals surface area contributed by atoms with E-state index < -0.39 is 0 Å². The zero-order valence-corrected chi connectivity index (χ0v) is 13.9. The summed E-state index contributed by atoms with van der Waals surface area (Å²) in [6, 6.07) is 0. The smallest absolute Gasteiger partial charge is 0.223 e. The molecule has 23 heavy (non-hydrogen) atoms. The molecule has 1 amide bonds. The van der Waals surface area contributed by atoms with E-state index in [1.165, 1.54) is 0 Å². The molecule has 1 unspecified atom stereocenters. The topological polar surface area (TPSA) is 63.1 Å². The number of carbonyl (C=O) groups is 1. The lowest BCUT2D eigenvalue weighted by atomic mass is 9.95. The molecule has 0 radical (unpaired) electrons. The second-order valence-electron chi connectivity index (χ2n) is 6.76. The monoisotopic (exact) mass is 317 g/mol. The van der Waals surface area contributed by atoms with E-state index in [2.05, 4.69) is 32.7 Å². The molecule has 0 aromatic carbocycles. The number of hydrogen-bond donors (Lipinski definition) is 1. The third kappa shape index (κ3) is 4.41. The van der Waals surface area contributed by atoms with Crippen LogP contribution in [-0.4, -0.2) is 45.9 Å². The highest BCUT2D eigenvalue weighted by Gasteiger charge is 2.25. The van der Waals surface area contributed by atoms with Gasteiger partial charge >= 0.3 is 0 Å². The third-order valence-electron chi connectivity index (χ3n) is 4.91. The standard InChI is InChI=1S/C17H27N5O/c1-18-11-16-13-22(20-19-16)12-15-6-8-21(9-7-15)17(23)10-14-4-2-3-5-14/h2,4,13-15,18H,3,5-12H2,1H3. The van der Waals surface area contributed by atoms with Gasteiger partial charge in [0.15, 0.2) is 0 Å². The molecule has 1 N–H and O–H groups in total. The van der Waals surface area contributed by atoms with E-state index in [0.29, 0.717) is 24.2 Å². The fourth-order valence-corrected chi connectivity index (χ4v) is 3.54. The van der Waals surface area contributed by atoms with Crippen LogP contribution in [0.25, 0.3) is 0 Å². The van der Waals surface area contributed by atoms with Gasteiger partial charge in [-0.25, -0.2) is 0 Å². The minimum Gasteiger partial charge on any atom is -0.343 e. The molecular formula is C17H27N5O. The van der Waals surface area contributed by atoms with Gasteiger partial charge in [0.05, 0.1) is 5.69 Å². The summed E-state index contributed by atoms with van der Waals surface area (Å²) in [5.74, 6) is 1.40. The van der Waals surface area contributed by atoms with Gasteiger partial charge in [0, 0.05) is 38.8 Å². The van der Waals surface area contributed by atoms with Crippen molar-refractivity contribution < 1.29 is 4.79 Å². The maximum Gasteiger partial charge on any atom is 0.223 e. The fraction of sp³-hybridized carbons (Fsp3) is 0.706. The molecule has 6 heteroatoms. The SMILES string of the molecule is CNCc1cn(CC2CCN(C(=O)CC3C=CCC3)CC2)nn1. The Hall–Kier alpha value is -1.69. The van der Waals surface area contributed by atoms with Crippen LogP contribution in [-0.2, 0) is 17.9 Å². The van der Waals surface area contributed by atoms with E-state index in [4.69, 9.17) is 0 Å². The second kappa shape index (κ2) is 7.73. The van der Waals surface area contributed by atoms with Gasteiger partial charge in [-0.3, -0.25) is 9.48 Å². The molecule has 1 aromatic heterocycles. The van der Waals surface area contributed by atoms with E-state index in [0.717, 1.165) is 57.6 Å². The van der Waals surface area contributed by atoms with Crippen LogP contribution in [0.2, 0.25) is 0 Å². The highest BCUT2D eigenvalue weighted by Crippen LogP contribution is 2.24. The molecule has 2 aliphatic rings. The average Bonchev–Trinajstić information content (AvgIpc) is 3.21. The first-order valence-electron chi connectivity index (χ1n) is 8.72. The average molecular weight is 317 g/mol. The second-order valence-corrected chi connectivity index (χ2v) is 6.76. The van der Waals surface area contributed by atoms with Crippen LogP contribution < -0.4 is 5.32 Å². The predicted octanol–water partition coefficient (Wildman–Crippen LogP) is 1.59. The number of rotatable bonds is 6. The minimum atomic E-state index is 0.331. The Kier molecular flexibility index (Phi) is 5.43. The lowest BCUT2D eigenvalue weighted by Crippen LogP contribution is -2.39. The van der Waals surface area contributed by atoms with Gasteiger partial charge in [0.2, 0.25) is 5.91 Å². The molecular weight excluding hydrogens is 290 g/mol. The van der Waals surface area contributed by atoms with Crippen molar-refractivity contribution in [2.24, 2.45) is 11.8 Å². The molecule has 126 valence electrons. The van der Waals surface area contributed by atoms with Crippen molar-refractivity contribution in [3.63, 3.8) is 0 Å². The molecule has 3 rings (SSSR count). The van der Waals surface area contributed by atoms with E-state index >= 15 is 0 Å². The first-order chi connectivity index (χ1) is 11.2. The molecule has 1 saturated heterocycles. The maximum absolute atomic E-state index is 12.4. The lowest BCUT2D eigenvalue weighted by molar-refractivity contribution is -0.133. The van der Waals surface area contributed by atoms with Gasteiger partial charge < -0.3 is 10.2 Å². The van der Waals surface area contributed by atoms with Crippen LogP contribution in [0.1, 0.15) is 37.8 Å². The molecule has 6 nitrogen and oxygen atoms in total. The normalized spacial score (nSPS) is 22.0. The molecule has 0 saturated carbocycles. The number of nitrogens with one attached hydrogen (secondary N) is 1. The van der Waals surface area contributed by atoms with Crippen molar-refractivity contribution >= 4 is 5.91 Å². The quantitative estimate of drug-likeness (QED) is 0.809. The van der Waals surface area contributed by atoms with Gasteiger partial charge in [-0.1, -0.05) is 17.4 Å². The number of hydrogen-bond acceptors (Lipinski definition) is 4. The Morgan fingerprint density at radius 3 is 2.87 bits per heavy atom. The molecule has 1 aliphatic carbocycles. The Bertz CT molecular complexity index is 545. The van der Waals surface area contributed by atoms with Gasteiger partial charge in [-0.2, -0.15) is 0 Å². The van der Waals surface area contributed by atoms with Crippen molar-refractivity contribution in [2.45, 2.75) is 45.2 Å². The molecule has 2 heterocycles. The number of aromatic nitrogens is 3. The summed E-state index contributed by atoms with van der Waals surface area (Å²) in [5.41, 5.74) is 0.977. The van der Waals surface area contributed by atoms with Crippen LogP contribution in [0.15, 0.2) is 18.3 Å². The number of allylic oxidation sites excluding steroid dienone is 2. The lowest BCUT2D eigenvalue weighted by Gasteiger charge is -2.32. The number of amides is 1. The number of carbonyl (C=O) groups excluding carboxylic acids is 1. The minimum absolute atomic E-state index is 0.331. The molecule has 0 bridgehead atoms. The van der Waals surface area contributed by atoms with E-state index in [1.807, 2.05) is 17.9 Å². The van der Waals surface area contributed by atoms with Crippen LogP contribution in [0, 0.1) is 11.8 Å². The summed E-state index contributed by atoms with van der Waals surface area (Å²) < 4.78 is 1.94. The molecule has 0 spiro atoms. The highest BCUT2D eigenvalue weighted by atomic mass is 16.2. The third-order valence-corrected chi connectivity index (χ3v) is 4.91. The molecule has 1 aliphatic heterocycles. The Balaban J connectivity index is 1.42. The van der Waals surface area contributed by atoms with Crippen molar-refractivity contribution in [1.82, 2.24) is 25.2 Å². The highest BCUT2D eigenvalue weighted by molar-refractivity contribution is 5.76. The van der Waals surface area contributed by atoms with E-state index in [-0.39, 0.29) is 0 Å². The van der Waals surface area contributed by atoms with Gasteiger partial charge in [0.1, 0.15) is 0 Å². The van der Waals surface area contributed by atoms with Crippen LogP contribution >= 0.6 is 0 Å². The van der Waals surface area contributed by atoms with Crippen molar-refractivity contribution in [2.75, 3.05) is 20.1 Å². The molecule has 1 atom stereocenters. The molecule has 1 aromatic rings. The number of likely N-dealkylation sites (tertiary alicyclic amines) is 1. The van der Waals surface area contributed by atoms with Gasteiger partial charge in [-0.05, 0) is 44.6 Å². The Labute approximate surface area is 137 Å². The van der Waals surface area contributed by atoms with Crippen LogP contribution in [0.5, 0.6) is 0 Å². The summed E-state index contributed by atoms with van der Waals surface area (Å²) in [5, 5.41) is 11.4. The van der Waals surface area contributed by atoms with Crippen LogP contribution in [0.3, 0.4) is 0 Å². The Morgan fingerprint density at radius 2 is 2.17 bits per heavy atom.